The van der Waals surface area contributed by atoms with Crippen LogP contribution < -0.4 is 0 Å². The second-order valence-corrected chi connectivity index (χ2v) is 6.03. The van der Waals surface area contributed by atoms with Gasteiger partial charge in [-0.15, -0.1) is 0 Å². The van der Waals surface area contributed by atoms with E-state index in [2.05, 4.69) is 8.75 Å². The molecule has 1 heterocycles. The van der Waals surface area contributed by atoms with Gasteiger partial charge in [0.2, 0.25) is 11.6 Å². The molecule has 0 saturated heterocycles. The standard InChI is InChI=1S/C16H8Cl2N2O2S/c17-11-5-1-9(2-6-11)15(21)13-14(20-23-19-13)16(22)10-3-7-12(18)8-4-10/h1-8H. The van der Waals surface area contributed by atoms with E-state index in [0.29, 0.717) is 21.2 Å². The maximum Gasteiger partial charge on any atom is 0.214 e. The first-order chi connectivity index (χ1) is 11.1. The van der Waals surface area contributed by atoms with Gasteiger partial charge in [0.05, 0.1) is 11.7 Å². The fourth-order valence-electron chi connectivity index (χ4n) is 1.96. The molecule has 0 amide bonds. The first kappa shape index (κ1) is 15.8. The highest BCUT2D eigenvalue weighted by atomic mass is 35.5. The summed E-state index contributed by atoms with van der Waals surface area (Å²) >= 11 is 12.5. The van der Waals surface area contributed by atoms with E-state index in [4.69, 9.17) is 23.2 Å². The first-order valence-corrected chi connectivity index (χ1v) is 7.98. The predicted molar refractivity (Wildman–Crippen MR) is 89.7 cm³/mol. The Morgan fingerprint density at radius 2 is 1.04 bits per heavy atom. The highest BCUT2D eigenvalue weighted by Gasteiger charge is 2.24. The van der Waals surface area contributed by atoms with E-state index in [1.54, 1.807) is 48.5 Å². The quantitative estimate of drug-likeness (QED) is 0.648. The number of carbonyl (C=O) groups is 2. The van der Waals surface area contributed by atoms with Crippen molar-refractivity contribution in [1.82, 2.24) is 8.75 Å². The molecule has 2 aromatic carbocycles. The van der Waals surface area contributed by atoms with Crippen molar-refractivity contribution in [2.75, 3.05) is 0 Å². The van der Waals surface area contributed by atoms with Crippen LogP contribution in [0, 0.1) is 0 Å². The SMILES string of the molecule is O=C(c1ccc(Cl)cc1)c1nsnc1C(=O)c1ccc(Cl)cc1. The molecule has 0 aliphatic carbocycles. The number of halogens is 2. The molecule has 7 heteroatoms. The second kappa shape index (κ2) is 6.58. The third-order valence-corrected chi connectivity index (χ3v) is 4.16. The molecular formula is C16H8Cl2N2O2S. The van der Waals surface area contributed by atoms with Crippen molar-refractivity contribution in [1.29, 1.82) is 0 Å². The summed E-state index contributed by atoms with van der Waals surface area (Å²) in [4.78, 5) is 25.0. The van der Waals surface area contributed by atoms with Crippen LogP contribution in [0.25, 0.3) is 0 Å². The molecule has 0 bridgehead atoms. The molecular weight excluding hydrogens is 355 g/mol. The third-order valence-electron chi connectivity index (χ3n) is 3.13. The number of ketones is 2. The normalized spacial score (nSPS) is 10.5. The lowest BCUT2D eigenvalue weighted by Crippen LogP contribution is -2.11. The molecule has 114 valence electrons. The molecule has 4 nitrogen and oxygen atoms in total. The van der Waals surface area contributed by atoms with Crippen LogP contribution in [0.1, 0.15) is 32.1 Å². The molecule has 0 saturated carbocycles. The molecule has 0 radical (unpaired) electrons. The van der Waals surface area contributed by atoms with Gasteiger partial charge < -0.3 is 0 Å². The minimum atomic E-state index is -0.368. The zero-order valence-corrected chi connectivity index (χ0v) is 13.8. The van der Waals surface area contributed by atoms with Gasteiger partial charge in [0.25, 0.3) is 0 Å². The summed E-state index contributed by atoms with van der Waals surface area (Å²) in [7, 11) is 0. The summed E-state index contributed by atoms with van der Waals surface area (Å²) in [6.45, 7) is 0. The minimum Gasteiger partial charge on any atom is -0.287 e. The average molecular weight is 363 g/mol. The molecule has 0 aliphatic heterocycles. The zero-order chi connectivity index (χ0) is 16.4. The molecule has 3 rings (SSSR count). The Balaban J connectivity index is 1.96. The Morgan fingerprint density at radius 3 is 1.39 bits per heavy atom. The maximum atomic E-state index is 12.5. The van der Waals surface area contributed by atoms with Gasteiger partial charge in [0, 0.05) is 21.2 Å². The summed E-state index contributed by atoms with van der Waals surface area (Å²) in [5.74, 6) is -0.736. The Bertz CT molecular complexity index is 802. The molecule has 3 aromatic rings. The Morgan fingerprint density at radius 1 is 0.696 bits per heavy atom. The fraction of sp³-hybridized carbons (Fsp3) is 0. The molecule has 0 unspecified atom stereocenters. The summed E-state index contributed by atoms with van der Waals surface area (Å²) in [6, 6.07) is 12.8. The van der Waals surface area contributed by atoms with Crippen molar-refractivity contribution in [3.8, 4) is 0 Å². The van der Waals surface area contributed by atoms with Crippen molar-refractivity contribution in [3.63, 3.8) is 0 Å². The van der Waals surface area contributed by atoms with Crippen LogP contribution >= 0.6 is 34.9 Å². The number of benzene rings is 2. The van der Waals surface area contributed by atoms with E-state index in [0.717, 1.165) is 11.7 Å². The second-order valence-electron chi connectivity index (χ2n) is 4.63. The van der Waals surface area contributed by atoms with Crippen molar-refractivity contribution < 1.29 is 9.59 Å². The number of hydrogen-bond donors (Lipinski definition) is 0. The molecule has 0 spiro atoms. The van der Waals surface area contributed by atoms with Gasteiger partial charge in [-0.3, -0.25) is 9.59 Å². The smallest absolute Gasteiger partial charge is 0.214 e. The first-order valence-electron chi connectivity index (χ1n) is 6.49. The Kier molecular flexibility index (Phi) is 4.52. The van der Waals surface area contributed by atoms with Gasteiger partial charge in [0.15, 0.2) is 11.4 Å². The third kappa shape index (κ3) is 3.32. The topological polar surface area (TPSA) is 59.9 Å². The summed E-state index contributed by atoms with van der Waals surface area (Å²) in [5.41, 5.74) is 0.869. The van der Waals surface area contributed by atoms with E-state index in [1.165, 1.54) is 0 Å². The van der Waals surface area contributed by atoms with Crippen LogP contribution in [0.15, 0.2) is 48.5 Å². The lowest BCUT2D eigenvalue weighted by molar-refractivity contribution is 0.0998. The zero-order valence-electron chi connectivity index (χ0n) is 11.5. The number of carbonyl (C=O) groups excluding carboxylic acids is 2. The van der Waals surface area contributed by atoms with E-state index in [-0.39, 0.29) is 23.0 Å². The number of nitrogens with zero attached hydrogens (tertiary/aromatic N) is 2. The van der Waals surface area contributed by atoms with Crippen LogP contribution in [-0.4, -0.2) is 20.3 Å². The van der Waals surface area contributed by atoms with Crippen LogP contribution in [-0.2, 0) is 0 Å². The number of hydrogen-bond acceptors (Lipinski definition) is 5. The highest BCUT2D eigenvalue weighted by molar-refractivity contribution is 6.99. The molecule has 23 heavy (non-hydrogen) atoms. The minimum absolute atomic E-state index is 0.0391. The van der Waals surface area contributed by atoms with Crippen LogP contribution in [0.2, 0.25) is 10.0 Å². The molecule has 0 aliphatic rings. The van der Waals surface area contributed by atoms with Crippen LogP contribution in [0.4, 0.5) is 0 Å². The lowest BCUT2D eigenvalue weighted by atomic mass is 10.0. The van der Waals surface area contributed by atoms with E-state index < -0.39 is 0 Å². The fourth-order valence-corrected chi connectivity index (χ4v) is 2.76. The van der Waals surface area contributed by atoms with Crippen molar-refractivity contribution in [3.05, 3.63) is 81.1 Å². The Labute approximate surface area is 146 Å². The molecule has 0 atom stereocenters. The number of aromatic nitrogens is 2. The highest BCUT2D eigenvalue weighted by Crippen LogP contribution is 2.19. The van der Waals surface area contributed by atoms with E-state index in [1.807, 2.05) is 0 Å². The van der Waals surface area contributed by atoms with Gasteiger partial charge in [-0.25, -0.2) is 0 Å². The summed E-state index contributed by atoms with van der Waals surface area (Å²) in [5, 5.41) is 1.05. The van der Waals surface area contributed by atoms with Gasteiger partial charge in [-0.05, 0) is 48.5 Å². The van der Waals surface area contributed by atoms with Crippen molar-refractivity contribution in [2.24, 2.45) is 0 Å². The average Bonchev–Trinajstić information content (AvgIpc) is 3.04. The van der Waals surface area contributed by atoms with Crippen molar-refractivity contribution >= 4 is 46.5 Å². The molecule has 1 aromatic heterocycles. The molecule has 0 N–H and O–H groups in total. The largest absolute Gasteiger partial charge is 0.287 e. The summed E-state index contributed by atoms with van der Waals surface area (Å²) < 4.78 is 7.96. The summed E-state index contributed by atoms with van der Waals surface area (Å²) in [6.07, 6.45) is 0. The van der Waals surface area contributed by atoms with Crippen LogP contribution in [0.3, 0.4) is 0 Å². The maximum absolute atomic E-state index is 12.5. The van der Waals surface area contributed by atoms with Gasteiger partial charge in [0.1, 0.15) is 0 Å². The predicted octanol–water partition coefficient (Wildman–Crippen LogP) is 4.31. The van der Waals surface area contributed by atoms with Gasteiger partial charge in [-0.1, -0.05) is 23.2 Å². The molecule has 0 fully saturated rings. The Hall–Kier alpha value is -2.08. The van der Waals surface area contributed by atoms with E-state index >= 15 is 0 Å². The van der Waals surface area contributed by atoms with Gasteiger partial charge in [-0.2, -0.15) is 8.75 Å². The monoisotopic (exact) mass is 362 g/mol. The van der Waals surface area contributed by atoms with Crippen LogP contribution in [0.5, 0.6) is 0 Å². The van der Waals surface area contributed by atoms with Gasteiger partial charge >= 0.3 is 0 Å². The lowest BCUT2D eigenvalue weighted by Gasteiger charge is -2.02. The number of rotatable bonds is 4. The van der Waals surface area contributed by atoms with Crippen molar-refractivity contribution in [2.45, 2.75) is 0 Å². The van der Waals surface area contributed by atoms with E-state index in [9.17, 15) is 9.59 Å².